The Morgan fingerprint density at radius 3 is 2.40 bits per heavy atom. The van der Waals surface area contributed by atoms with Gasteiger partial charge in [-0.3, -0.25) is 4.79 Å². The molecule has 0 atom stereocenters. The quantitative estimate of drug-likeness (QED) is 0.594. The maximum atomic E-state index is 13.4. The number of halogens is 4. The van der Waals surface area contributed by atoms with Gasteiger partial charge in [-0.25, -0.2) is 14.2 Å². The van der Waals surface area contributed by atoms with Crippen molar-refractivity contribution in [1.82, 2.24) is 9.88 Å². The molecule has 1 fully saturated rings. The Kier molecular flexibility index (Phi) is 4.92. The van der Waals surface area contributed by atoms with Crippen LogP contribution in [-0.2, 0) is 6.18 Å². The first-order valence-electron chi connectivity index (χ1n) is 9.03. The van der Waals surface area contributed by atoms with Crippen LogP contribution in [0.5, 0.6) is 0 Å². The third-order valence-corrected chi connectivity index (χ3v) is 4.90. The fourth-order valence-electron chi connectivity index (χ4n) is 3.31. The lowest BCUT2D eigenvalue weighted by Crippen LogP contribution is -2.49. The molecule has 1 amide bonds. The van der Waals surface area contributed by atoms with Crippen LogP contribution in [0.1, 0.15) is 16.1 Å². The van der Waals surface area contributed by atoms with Gasteiger partial charge in [-0.15, -0.1) is 0 Å². The number of hydrogen-bond donors (Lipinski definition) is 0. The van der Waals surface area contributed by atoms with Gasteiger partial charge in [-0.2, -0.15) is 13.2 Å². The van der Waals surface area contributed by atoms with E-state index in [2.05, 4.69) is 4.98 Å². The Labute approximate surface area is 167 Å². The molecule has 0 radical (unpaired) electrons. The molecule has 1 saturated heterocycles. The van der Waals surface area contributed by atoms with Crippen molar-refractivity contribution in [2.75, 3.05) is 31.1 Å². The highest BCUT2D eigenvalue weighted by molar-refractivity contribution is 5.95. The van der Waals surface area contributed by atoms with Crippen molar-refractivity contribution in [3.05, 3.63) is 70.2 Å². The molecule has 1 aliphatic rings. The Balaban J connectivity index is 1.47. The SMILES string of the molecule is O=C(c1cc2cc(F)ccc2c(=O)o1)N1CCN(c2ccc(C(F)(F)F)cn2)CC1. The highest BCUT2D eigenvalue weighted by atomic mass is 19.4. The minimum Gasteiger partial charge on any atom is -0.417 e. The van der Waals surface area contributed by atoms with Gasteiger partial charge in [0.15, 0.2) is 5.76 Å². The number of aromatic nitrogens is 1. The summed E-state index contributed by atoms with van der Waals surface area (Å²) in [4.78, 5) is 31.9. The van der Waals surface area contributed by atoms with Gasteiger partial charge in [0.2, 0.25) is 0 Å². The summed E-state index contributed by atoms with van der Waals surface area (Å²) in [5.41, 5.74) is -1.56. The maximum Gasteiger partial charge on any atom is 0.417 e. The van der Waals surface area contributed by atoms with E-state index >= 15 is 0 Å². The molecule has 0 saturated carbocycles. The van der Waals surface area contributed by atoms with E-state index in [1.807, 2.05) is 0 Å². The lowest BCUT2D eigenvalue weighted by Gasteiger charge is -2.35. The Morgan fingerprint density at radius 1 is 1.03 bits per heavy atom. The van der Waals surface area contributed by atoms with Gasteiger partial charge in [-0.05, 0) is 41.8 Å². The number of hydrogen-bond acceptors (Lipinski definition) is 5. The minimum absolute atomic E-state index is 0.172. The molecule has 0 spiro atoms. The summed E-state index contributed by atoms with van der Waals surface area (Å²) >= 11 is 0. The first-order chi connectivity index (χ1) is 14.2. The fraction of sp³-hybridized carbons (Fsp3) is 0.250. The molecular formula is C20H15F4N3O3. The zero-order valence-corrected chi connectivity index (χ0v) is 15.4. The Morgan fingerprint density at radius 2 is 1.77 bits per heavy atom. The molecule has 156 valence electrons. The van der Waals surface area contributed by atoms with E-state index in [1.165, 1.54) is 23.1 Å². The molecule has 3 aromatic rings. The van der Waals surface area contributed by atoms with Crippen LogP contribution in [0.15, 0.2) is 51.8 Å². The van der Waals surface area contributed by atoms with E-state index < -0.39 is 29.1 Å². The second-order valence-electron chi connectivity index (χ2n) is 6.81. The highest BCUT2D eigenvalue weighted by Gasteiger charge is 2.31. The molecule has 30 heavy (non-hydrogen) atoms. The lowest BCUT2D eigenvalue weighted by molar-refractivity contribution is -0.137. The molecule has 6 nitrogen and oxygen atoms in total. The van der Waals surface area contributed by atoms with Crippen molar-refractivity contribution in [3.8, 4) is 0 Å². The van der Waals surface area contributed by atoms with Crippen molar-refractivity contribution >= 4 is 22.5 Å². The molecule has 0 unspecified atom stereocenters. The van der Waals surface area contributed by atoms with Crippen LogP contribution < -0.4 is 10.5 Å². The number of carbonyl (C=O) groups excluding carboxylic acids is 1. The highest BCUT2D eigenvalue weighted by Crippen LogP contribution is 2.29. The second-order valence-corrected chi connectivity index (χ2v) is 6.81. The second kappa shape index (κ2) is 7.43. The van der Waals surface area contributed by atoms with E-state index in [-0.39, 0.29) is 29.6 Å². The number of benzene rings is 1. The van der Waals surface area contributed by atoms with Crippen molar-refractivity contribution in [3.63, 3.8) is 0 Å². The zero-order chi connectivity index (χ0) is 21.5. The van der Waals surface area contributed by atoms with Crippen molar-refractivity contribution in [1.29, 1.82) is 0 Å². The topological polar surface area (TPSA) is 66.7 Å². The van der Waals surface area contributed by atoms with Crippen LogP contribution in [-0.4, -0.2) is 42.0 Å². The van der Waals surface area contributed by atoms with Crippen molar-refractivity contribution < 1.29 is 26.8 Å². The van der Waals surface area contributed by atoms with Gasteiger partial charge in [0, 0.05) is 32.4 Å². The van der Waals surface area contributed by atoms with Gasteiger partial charge in [0.1, 0.15) is 11.6 Å². The number of rotatable bonds is 2. The lowest BCUT2D eigenvalue weighted by atomic mass is 10.1. The largest absolute Gasteiger partial charge is 0.417 e. The van der Waals surface area contributed by atoms with Crippen LogP contribution in [0.3, 0.4) is 0 Å². The normalized spacial score (nSPS) is 14.9. The smallest absolute Gasteiger partial charge is 0.417 e. The van der Waals surface area contributed by atoms with Gasteiger partial charge in [0.25, 0.3) is 5.91 Å². The number of fused-ring (bicyclic) bond motifs is 1. The molecule has 4 rings (SSSR count). The maximum absolute atomic E-state index is 13.4. The average Bonchev–Trinajstić information content (AvgIpc) is 2.72. The van der Waals surface area contributed by atoms with Crippen LogP contribution in [0, 0.1) is 5.82 Å². The molecule has 0 bridgehead atoms. The van der Waals surface area contributed by atoms with E-state index in [0.29, 0.717) is 18.9 Å². The summed E-state index contributed by atoms with van der Waals surface area (Å²) in [6.45, 7) is 1.20. The number of piperazine rings is 1. The van der Waals surface area contributed by atoms with Crippen molar-refractivity contribution in [2.45, 2.75) is 6.18 Å². The Bertz CT molecular complexity index is 1150. The first-order valence-corrected chi connectivity index (χ1v) is 9.03. The van der Waals surface area contributed by atoms with E-state index in [1.54, 1.807) is 4.90 Å². The molecule has 0 N–H and O–H groups in total. The molecule has 1 aliphatic heterocycles. The molecule has 3 heterocycles. The number of amides is 1. The standard InChI is InChI=1S/C20H15F4N3O3/c21-14-2-3-15-12(9-14)10-16(30-19(15)29)18(28)27-7-5-26(6-8-27)17-4-1-13(11-25-17)20(22,23)24/h1-4,9-11H,5-8H2. The molecular weight excluding hydrogens is 406 g/mol. The molecule has 1 aromatic carbocycles. The number of nitrogens with zero attached hydrogens (tertiary/aromatic N) is 3. The van der Waals surface area contributed by atoms with Crippen LogP contribution >= 0.6 is 0 Å². The van der Waals surface area contributed by atoms with Crippen LogP contribution in [0.2, 0.25) is 0 Å². The summed E-state index contributed by atoms with van der Waals surface area (Å²) in [6, 6.07) is 7.15. The van der Waals surface area contributed by atoms with Gasteiger partial charge >= 0.3 is 11.8 Å². The van der Waals surface area contributed by atoms with Gasteiger partial charge < -0.3 is 14.2 Å². The average molecular weight is 421 g/mol. The summed E-state index contributed by atoms with van der Waals surface area (Å²) in [6.07, 6.45) is -3.68. The minimum atomic E-state index is -4.46. The predicted molar refractivity (Wildman–Crippen MR) is 99.8 cm³/mol. The van der Waals surface area contributed by atoms with E-state index in [9.17, 15) is 27.2 Å². The number of alkyl halides is 3. The fourth-order valence-corrected chi connectivity index (χ4v) is 3.31. The summed E-state index contributed by atoms with van der Waals surface area (Å²) in [7, 11) is 0. The zero-order valence-electron chi connectivity index (χ0n) is 15.4. The molecule has 0 aliphatic carbocycles. The van der Waals surface area contributed by atoms with Gasteiger partial charge in [0.05, 0.1) is 10.9 Å². The number of carbonyl (C=O) groups is 1. The third kappa shape index (κ3) is 3.85. The van der Waals surface area contributed by atoms with Crippen LogP contribution in [0.4, 0.5) is 23.4 Å². The van der Waals surface area contributed by atoms with E-state index in [4.69, 9.17) is 4.42 Å². The number of pyridine rings is 1. The summed E-state index contributed by atoms with van der Waals surface area (Å²) in [5.74, 6) is -0.871. The van der Waals surface area contributed by atoms with Crippen LogP contribution in [0.25, 0.3) is 10.8 Å². The van der Waals surface area contributed by atoms with Crippen molar-refractivity contribution in [2.24, 2.45) is 0 Å². The summed E-state index contributed by atoms with van der Waals surface area (Å²) < 4.78 is 56.5. The monoisotopic (exact) mass is 421 g/mol. The summed E-state index contributed by atoms with van der Waals surface area (Å²) in [5, 5.41) is 0.438. The molecule has 2 aromatic heterocycles. The van der Waals surface area contributed by atoms with Gasteiger partial charge in [-0.1, -0.05) is 0 Å². The van der Waals surface area contributed by atoms with E-state index in [0.717, 1.165) is 24.4 Å². The third-order valence-electron chi connectivity index (χ3n) is 4.90. The first kappa shape index (κ1) is 19.9. The Hall–Kier alpha value is -3.43. The number of anilines is 1. The predicted octanol–water partition coefficient (Wildman–Crippen LogP) is 3.31. The molecule has 10 heteroatoms.